The molecule has 1 amide bonds. The van der Waals surface area contributed by atoms with Crippen LogP contribution in [0.25, 0.3) is 6.08 Å². The summed E-state index contributed by atoms with van der Waals surface area (Å²) in [6, 6.07) is -0.307. The molecule has 0 unspecified atom stereocenters. The van der Waals surface area contributed by atoms with Crippen molar-refractivity contribution in [1.82, 2.24) is 14.7 Å². The molecule has 1 saturated heterocycles. The fraction of sp³-hybridized carbons (Fsp3) is 0.562. The van der Waals surface area contributed by atoms with Crippen molar-refractivity contribution in [3.63, 3.8) is 0 Å². The van der Waals surface area contributed by atoms with E-state index >= 15 is 0 Å². The normalized spacial score (nSPS) is 20.3. The number of hydrogen-bond acceptors (Lipinski definition) is 6. The van der Waals surface area contributed by atoms with Crippen molar-refractivity contribution in [1.29, 1.82) is 0 Å². The van der Waals surface area contributed by atoms with E-state index in [1.807, 2.05) is 0 Å². The van der Waals surface area contributed by atoms with E-state index in [1.165, 1.54) is 28.7 Å². The standard InChI is InChI=1S/C16H22ClN3O5S/c1-10-13(5-6-14(21)25-11(2)16(22)19(3)4)15(17)20(18-10)12-7-8-26(23,24)9-12/h5-6,11-12H,7-9H2,1-4H3/b6-5+/t11-,12+/m0/s1. The third-order valence-corrected chi connectivity index (χ3v) is 6.22. The Labute approximate surface area is 157 Å². The van der Waals surface area contributed by atoms with Crippen LogP contribution >= 0.6 is 11.6 Å². The van der Waals surface area contributed by atoms with Gasteiger partial charge in [-0.3, -0.25) is 4.79 Å². The van der Waals surface area contributed by atoms with Crippen LogP contribution in [-0.2, 0) is 24.2 Å². The van der Waals surface area contributed by atoms with E-state index in [0.717, 1.165) is 0 Å². The lowest BCUT2D eigenvalue weighted by Gasteiger charge is -2.16. The highest BCUT2D eigenvalue weighted by atomic mass is 35.5. The largest absolute Gasteiger partial charge is 0.449 e. The minimum absolute atomic E-state index is 0.00317. The van der Waals surface area contributed by atoms with Gasteiger partial charge in [0.2, 0.25) is 0 Å². The first-order valence-corrected chi connectivity index (χ1v) is 10.3. The number of likely N-dealkylation sites (N-methyl/N-ethyl adjacent to an activating group) is 1. The smallest absolute Gasteiger partial charge is 0.331 e. The van der Waals surface area contributed by atoms with E-state index in [2.05, 4.69) is 5.10 Å². The summed E-state index contributed by atoms with van der Waals surface area (Å²) in [4.78, 5) is 24.9. The van der Waals surface area contributed by atoms with Gasteiger partial charge < -0.3 is 9.64 Å². The molecule has 1 fully saturated rings. The Morgan fingerprint density at radius 1 is 1.42 bits per heavy atom. The Kier molecular flexibility index (Phi) is 6.13. The van der Waals surface area contributed by atoms with Gasteiger partial charge in [-0.15, -0.1) is 0 Å². The van der Waals surface area contributed by atoms with Crippen LogP contribution < -0.4 is 0 Å². The lowest BCUT2D eigenvalue weighted by atomic mass is 10.2. The molecule has 26 heavy (non-hydrogen) atoms. The Morgan fingerprint density at radius 2 is 2.08 bits per heavy atom. The number of amides is 1. The molecule has 144 valence electrons. The number of carbonyl (C=O) groups is 2. The zero-order valence-corrected chi connectivity index (χ0v) is 16.7. The molecule has 1 aliphatic rings. The first-order valence-electron chi connectivity index (χ1n) is 8.06. The summed E-state index contributed by atoms with van der Waals surface area (Å²) in [7, 11) is 0.0794. The van der Waals surface area contributed by atoms with Crippen LogP contribution in [0.5, 0.6) is 0 Å². The van der Waals surface area contributed by atoms with Crippen LogP contribution in [0.4, 0.5) is 0 Å². The van der Waals surface area contributed by atoms with Gasteiger partial charge in [0, 0.05) is 25.7 Å². The summed E-state index contributed by atoms with van der Waals surface area (Å²) in [6.07, 6.45) is 2.19. The van der Waals surface area contributed by atoms with Crippen molar-refractivity contribution in [2.75, 3.05) is 25.6 Å². The topological polar surface area (TPSA) is 98.6 Å². The molecule has 0 aromatic carbocycles. The molecule has 2 heterocycles. The van der Waals surface area contributed by atoms with Gasteiger partial charge in [-0.1, -0.05) is 11.6 Å². The molecule has 0 bridgehead atoms. The third-order valence-electron chi connectivity index (χ3n) is 4.09. The average molecular weight is 404 g/mol. The third kappa shape index (κ3) is 4.64. The molecule has 0 spiro atoms. The van der Waals surface area contributed by atoms with Gasteiger partial charge in [-0.2, -0.15) is 5.10 Å². The molecular formula is C16H22ClN3O5S. The summed E-state index contributed by atoms with van der Waals surface area (Å²) >= 11 is 6.33. The van der Waals surface area contributed by atoms with Crippen LogP contribution in [0.2, 0.25) is 5.15 Å². The summed E-state index contributed by atoms with van der Waals surface area (Å²) in [5.74, 6) is -0.888. The molecule has 0 N–H and O–H groups in total. The summed E-state index contributed by atoms with van der Waals surface area (Å²) in [6.45, 7) is 3.21. The average Bonchev–Trinajstić information content (AvgIpc) is 3.03. The van der Waals surface area contributed by atoms with Crippen LogP contribution in [0.15, 0.2) is 6.08 Å². The quantitative estimate of drug-likeness (QED) is 0.541. The number of carbonyl (C=O) groups excluding carboxylic acids is 2. The number of rotatable bonds is 5. The van der Waals surface area contributed by atoms with Gasteiger partial charge in [0.25, 0.3) is 5.91 Å². The van der Waals surface area contributed by atoms with E-state index in [1.54, 1.807) is 21.0 Å². The molecule has 2 rings (SSSR count). The molecule has 8 nitrogen and oxygen atoms in total. The maximum absolute atomic E-state index is 11.9. The lowest BCUT2D eigenvalue weighted by Crippen LogP contribution is -2.34. The number of ether oxygens (including phenoxy) is 1. The van der Waals surface area contributed by atoms with Gasteiger partial charge >= 0.3 is 5.97 Å². The maximum Gasteiger partial charge on any atom is 0.331 e. The van der Waals surface area contributed by atoms with Crippen LogP contribution in [-0.4, -0.2) is 66.7 Å². The lowest BCUT2D eigenvalue weighted by molar-refractivity contribution is -0.153. The van der Waals surface area contributed by atoms with Crippen molar-refractivity contribution in [3.05, 3.63) is 22.5 Å². The van der Waals surface area contributed by atoms with Crippen LogP contribution in [0.3, 0.4) is 0 Å². The Morgan fingerprint density at radius 3 is 2.62 bits per heavy atom. The minimum atomic E-state index is -3.07. The highest BCUT2D eigenvalue weighted by Gasteiger charge is 2.31. The van der Waals surface area contributed by atoms with E-state index in [0.29, 0.717) is 17.7 Å². The number of esters is 1. The second kappa shape index (κ2) is 7.79. The van der Waals surface area contributed by atoms with E-state index in [4.69, 9.17) is 16.3 Å². The number of aromatic nitrogens is 2. The Bertz CT molecular complexity index is 844. The first-order chi connectivity index (χ1) is 12.0. The van der Waals surface area contributed by atoms with Crippen molar-refractivity contribution in [2.45, 2.75) is 32.4 Å². The maximum atomic E-state index is 11.9. The number of sulfone groups is 1. The van der Waals surface area contributed by atoms with E-state index in [-0.39, 0.29) is 28.6 Å². The Balaban J connectivity index is 2.11. The Hall–Kier alpha value is -1.87. The summed E-state index contributed by atoms with van der Waals surface area (Å²) in [5, 5.41) is 4.57. The summed E-state index contributed by atoms with van der Waals surface area (Å²) < 4.78 is 29.8. The molecular weight excluding hydrogens is 382 g/mol. The molecule has 0 aliphatic carbocycles. The highest BCUT2D eigenvalue weighted by Crippen LogP contribution is 2.30. The molecule has 1 aromatic heterocycles. The van der Waals surface area contributed by atoms with Gasteiger partial charge in [0.15, 0.2) is 15.9 Å². The number of aryl methyl sites for hydroxylation is 1. The summed E-state index contributed by atoms with van der Waals surface area (Å²) in [5.41, 5.74) is 1.08. The predicted molar refractivity (Wildman–Crippen MR) is 97.6 cm³/mol. The van der Waals surface area contributed by atoms with E-state index in [9.17, 15) is 18.0 Å². The molecule has 0 saturated carbocycles. The van der Waals surface area contributed by atoms with Gasteiger partial charge in [0.1, 0.15) is 5.15 Å². The molecule has 10 heteroatoms. The van der Waals surface area contributed by atoms with Gasteiger partial charge in [-0.05, 0) is 26.3 Å². The number of nitrogens with zero attached hydrogens (tertiary/aromatic N) is 3. The number of hydrogen-bond donors (Lipinski definition) is 0. The van der Waals surface area contributed by atoms with Crippen molar-refractivity contribution in [3.8, 4) is 0 Å². The molecule has 2 atom stereocenters. The van der Waals surface area contributed by atoms with E-state index < -0.39 is 21.9 Å². The first kappa shape index (κ1) is 20.4. The zero-order valence-electron chi connectivity index (χ0n) is 15.1. The second-order valence-electron chi connectivity index (χ2n) is 6.44. The fourth-order valence-electron chi connectivity index (χ4n) is 2.71. The molecule has 1 aliphatic heterocycles. The fourth-order valence-corrected chi connectivity index (χ4v) is 4.78. The van der Waals surface area contributed by atoms with Crippen molar-refractivity contribution < 1.29 is 22.7 Å². The molecule has 1 aromatic rings. The minimum Gasteiger partial charge on any atom is -0.449 e. The van der Waals surface area contributed by atoms with Crippen molar-refractivity contribution in [2.24, 2.45) is 0 Å². The SMILES string of the molecule is Cc1nn([C@@H]2CCS(=O)(=O)C2)c(Cl)c1/C=C/C(=O)O[C@@H](C)C(=O)N(C)C. The predicted octanol–water partition coefficient (Wildman–Crippen LogP) is 1.24. The van der Waals surface area contributed by atoms with Gasteiger partial charge in [-0.25, -0.2) is 17.9 Å². The monoisotopic (exact) mass is 403 g/mol. The highest BCUT2D eigenvalue weighted by molar-refractivity contribution is 7.91. The number of halogens is 1. The van der Waals surface area contributed by atoms with Gasteiger partial charge in [0.05, 0.1) is 23.2 Å². The second-order valence-corrected chi connectivity index (χ2v) is 9.02. The van der Waals surface area contributed by atoms with Crippen LogP contribution in [0.1, 0.15) is 30.6 Å². The molecule has 0 radical (unpaired) electrons. The van der Waals surface area contributed by atoms with Crippen LogP contribution in [0, 0.1) is 6.92 Å². The van der Waals surface area contributed by atoms with Crippen molar-refractivity contribution >= 4 is 39.4 Å². The zero-order chi connectivity index (χ0) is 19.6.